The van der Waals surface area contributed by atoms with Crippen molar-refractivity contribution in [3.63, 3.8) is 0 Å². The van der Waals surface area contributed by atoms with Crippen LogP contribution in [-0.2, 0) is 0 Å². The van der Waals surface area contributed by atoms with Gasteiger partial charge in [-0.3, -0.25) is 4.99 Å². The fourth-order valence-corrected chi connectivity index (χ4v) is 3.31. The number of guanidine groups is 1. The lowest BCUT2D eigenvalue weighted by molar-refractivity contribution is 0.141. The molecule has 0 amide bonds. The number of nitrogens with one attached hydrogen (secondary N) is 2. The van der Waals surface area contributed by atoms with Gasteiger partial charge in [0.1, 0.15) is 0 Å². The number of nitrogens with zero attached hydrogens (tertiary/aromatic N) is 2. The fourth-order valence-electron chi connectivity index (χ4n) is 3.31. The van der Waals surface area contributed by atoms with E-state index in [1.807, 2.05) is 25.1 Å². The van der Waals surface area contributed by atoms with E-state index in [4.69, 9.17) is 9.47 Å². The molecule has 6 nitrogen and oxygen atoms in total. The highest BCUT2D eigenvalue weighted by molar-refractivity contribution is 5.93. The summed E-state index contributed by atoms with van der Waals surface area (Å²) in [5.41, 5.74) is 0.922. The summed E-state index contributed by atoms with van der Waals surface area (Å²) in [7, 11) is 3.45. The fraction of sp³-hybridized carbons (Fsp3) is 0.650. The van der Waals surface area contributed by atoms with Crippen molar-refractivity contribution in [3.8, 4) is 11.5 Å². The quantitative estimate of drug-likeness (QED) is 0.576. The van der Waals surface area contributed by atoms with E-state index in [0.29, 0.717) is 24.3 Å². The van der Waals surface area contributed by atoms with Crippen LogP contribution in [-0.4, -0.2) is 57.3 Å². The Balaban J connectivity index is 1.91. The van der Waals surface area contributed by atoms with E-state index in [0.717, 1.165) is 30.5 Å². The number of methoxy groups -OCH3 is 1. The number of rotatable bonds is 7. The Hall–Kier alpha value is -1.95. The number of anilines is 1. The van der Waals surface area contributed by atoms with E-state index < -0.39 is 0 Å². The Labute approximate surface area is 158 Å². The van der Waals surface area contributed by atoms with Crippen molar-refractivity contribution >= 4 is 11.6 Å². The molecular weight excluding hydrogens is 328 g/mol. The van der Waals surface area contributed by atoms with Gasteiger partial charge in [-0.25, -0.2) is 0 Å². The van der Waals surface area contributed by atoms with Crippen LogP contribution < -0.4 is 20.1 Å². The van der Waals surface area contributed by atoms with Crippen molar-refractivity contribution in [3.05, 3.63) is 18.2 Å². The molecule has 1 atom stereocenters. The SMILES string of the molecule is CCOc1ccc(NC(=NC)NCC2CCCN(C(C)C)C2)cc1OC. The molecule has 0 aliphatic carbocycles. The molecule has 1 heterocycles. The Kier molecular flexibility index (Phi) is 8.04. The second kappa shape index (κ2) is 10.3. The first-order chi connectivity index (χ1) is 12.6. The van der Waals surface area contributed by atoms with Gasteiger partial charge >= 0.3 is 0 Å². The minimum Gasteiger partial charge on any atom is -0.493 e. The standard InChI is InChI=1S/C20H34N4O2/c1-6-26-18-10-9-17(12-19(18)25-5)23-20(21-4)22-13-16-8-7-11-24(14-16)15(2)3/h9-10,12,15-16H,6-8,11,13-14H2,1-5H3,(H2,21,22,23). The molecule has 1 aromatic carbocycles. The van der Waals surface area contributed by atoms with Crippen molar-refractivity contribution in [2.24, 2.45) is 10.9 Å². The highest BCUT2D eigenvalue weighted by atomic mass is 16.5. The molecule has 1 aliphatic heterocycles. The number of likely N-dealkylation sites (tertiary alicyclic amines) is 1. The number of hydrogen-bond acceptors (Lipinski definition) is 4. The van der Waals surface area contributed by atoms with E-state index in [9.17, 15) is 0 Å². The van der Waals surface area contributed by atoms with Crippen LogP contribution in [0.15, 0.2) is 23.2 Å². The number of aliphatic imine (C=N–C) groups is 1. The van der Waals surface area contributed by atoms with Gasteiger partial charge in [0, 0.05) is 37.9 Å². The molecule has 0 spiro atoms. The van der Waals surface area contributed by atoms with Gasteiger partial charge in [-0.1, -0.05) is 0 Å². The molecule has 1 unspecified atom stereocenters. The van der Waals surface area contributed by atoms with Gasteiger partial charge in [-0.05, 0) is 58.2 Å². The van der Waals surface area contributed by atoms with Gasteiger partial charge in [-0.2, -0.15) is 0 Å². The van der Waals surface area contributed by atoms with E-state index in [1.165, 1.54) is 19.4 Å². The molecule has 2 rings (SSSR count). The van der Waals surface area contributed by atoms with Gasteiger partial charge in [0.15, 0.2) is 17.5 Å². The third-order valence-corrected chi connectivity index (χ3v) is 4.79. The normalized spacial score (nSPS) is 18.7. The van der Waals surface area contributed by atoms with Gasteiger partial charge < -0.3 is 25.0 Å². The second-order valence-corrected chi connectivity index (χ2v) is 6.97. The summed E-state index contributed by atoms with van der Waals surface area (Å²) in [6, 6.07) is 6.44. The summed E-state index contributed by atoms with van der Waals surface area (Å²) in [5, 5.41) is 6.80. The Morgan fingerprint density at radius 2 is 2.15 bits per heavy atom. The summed E-state index contributed by atoms with van der Waals surface area (Å²) in [4.78, 5) is 6.90. The monoisotopic (exact) mass is 362 g/mol. The van der Waals surface area contributed by atoms with Crippen molar-refractivity contribution in [2.45, 2.75) is 39.7 Å². The predicted octanol–water partition coefficient (Wildman–Crippen LogP) is 3.20. The van der Waals surface area contributed by atoms with Crippen molar-refractivity contribution < 1.29 is 9.47 Å². The van der Waals surface area contributed by atoms with E-state index in [2.05, 4.69) is 34.4 Å². The summed E-state index contributed by atoms with van der Waals surface area (Å²) in [6.45, 7) is 10.4. The van der Waals surface area contributed by atoms with Crippen LogP contribution >= 0.6 is 0 Å². The Bertz CT molecular complexity index is 589. The first-order valence-corrected chi connectivity index (χ1v) is 9.59. The smallest absolute Gasteiger partial charge is 0.195 e. The van der Waals surface area contributed by atoms with Crippen LogP contribution in [0, 0.1) is 5.92 Å². The lowest BCUT2D eigenvalue weighted by Crippen LogP contribution is -2.44. The van der Waals surface area contributed by atoms with Gasteiger partial charge in [0.05, 0.1) is 13.7 Å². The lowest BCUT2D eigenvalue weighted by Gasteiger charge is -2.35. The van der Waals surface area contributed by atoms with Gasteiger partial charge in [0.25, 0.3) is 0 Å². The topological polar surface area (TPSA) is 58.1 Å². The molecule has 1 fully saturated rings. The number of benzene rings is 1. The molecule has 1 saturated heterocycles. The highest BCUT2D eigenvalue weighted by Crippen LogP contribution is 2.30. The first-order valence-electron chi connectivity index (χ1n) is 9.59. The van der Waals surface area contributed by atoms with E-state index >= 15 is 0 Å². The summed E-state index contributed by atoms with van der Waals surface area (Å²) in [6.07, 6.45) is 2.54. The minimum atomic E-state index is 0.612. The molecule has 0 bridgehead atoms. The van der Waals surface area contributed by atoms with Crippen LogP contribution in [0.1, 0.15) is 33.6 Å². The molecule has 26 heavy (non-hydrogen) atoms. The average Bonchev–Trinajstić information content (AvgIpc) is 2.66. The third kappa shape index (κ3) is 5.80. The lowest BCUT2D eigenvalue weighted by atomic mass is 9.97. The van der Waals surface area contributed by atoms with E-state index in [1.54, 1.807) is 14.2 Å². The maximum Gasteiger partial charge on any atom is 0.195 e. The van der Waals surface area contributed by atoms with Crippen LogP contribution in [0.25, 0.3) is 0 Å². The summed E-state index contributed by atoms with van der Waals surface area (Å²) < 4.78 is 11.0. The summed E-state index contributed by atoms with van der Waals surface area (Å²) in [5.74, 6) is 2.89. The maximum atomic E-state index is 5.57. The molecule has 6 heteroatoms. The van der Waals surface area contributed by atoms with Crippen LogP contribution in [0.2, 0.25) is 0 Å². The molecule has 1 aromatic rings. The zero-order valence-corrected chi connectivity index (χ0v) is 16.8. The van der Waals surface area contributed by atoms with Crippen LogP contribution in [0.5, 0.6) is 11.5 Å². The zero-order valence-electron chi connectivity index (χ0n) is 16.8. The third-order valence-electron chi connectivity index (χ3n) is 4.79. The predicted molar refractivity (Wildman–Crippen MR) is 109 cm³/mol. The highest BCUT2D eigenvalue weighted by Gasteiger charge is 2.21. The molecule has 0 aromatic heterocycles. The molecular formula is C20H34N4O2. The maximum absolute atomic E-state index is 5.57. The Morgan fingerprint density at radius 3 is 2.81 bits per heavy atom. The number of ether oxygens (including phenoxy) is 2. The molecule has 1 aliphatic rings. The van der Waals surface area contributed by atoms with Crippen LogP contribution in [0.3, 0.4) is 0 Å². The number of hydrogen-bond donors (Lipinski definition) is 2. The molecule has 0 saturated carbocycles. The molecule has 0 radical (unpaired) electrons. The van der Waals surface area contributed by atoms with Gasteiger partial charge in [0.2, 0.25) is 0 Å². The average molecular weight is 363 g/mol. The van der Waals surface area contributed by atoms with Crippen molar-refractivity contribution in [1.29, 1.82) is 0 Å². The van der Waals surface area contributed by atoms with Crippen molar-refractivity contribution in [1.82, 2.24) is 10.2 Å². The molecule has 146 valence electrons. The zero-order chi connectivity index (χ0) is 18.9. The van der Waals surface area contributed by atoms with Crippen LogP contribution in [0.4, 0.5) is 5.69 Å². The van der Waals surface area contributed by atoms with E-state index in [-0.39, 0.29) is 0 Å². The van der Waals surface area contributed by atoms with Crippen molar-refractivity contribution in [2.75, 3.05) is 45.7 Å². The largest absolute Gasteiger partial charge is 0.493 e. The second-order valence-electron chi connectivity index (χ2n) is 6.97. The summed E-state index contributed by atoms with van der Waals surface area (Å²) >= 11 is 0. The Morgan fingerprint density at radius 1 is 1.35 bits per heavy atom. The first kappa shape index (κ1) is 20.4. The minimum absolute atomic E-state index is 0.612. The molecule has 2 N–H and O–H groups in total. The van der Waals surface area contributed by atoms with Gasteiger partial charge in [-0.15, -0.1) is 0 Å². The number of piperidine rings is 1.